The van der Waals surface area contributed by atoms with Crippen molar-refractivity contribution in [3.63, 3.8) is 0 Å². The van der Waals surface area contributed by atoms with Crippen molar-refractivity contribution >= 4 is 29.9 Å². The number of nitrogens with one attached hydrogen (secondary N) is 2. The summed E-state index contributed by atoms with van der Waals surface area (Å²) >= 11 is 0. The zero-order chi connectivity index (χ0) is 18.1. The average Bonchev–Trinajstić information content (AvgIpc) is 2.62. The van der Waals surface area contributed by atoms with Crippen molar-refractivity contribution < 1.29 is 4.74 Å². The van der Waals surface area contributed by atoms with E-state index in [2.05, 4.69) is 46.5 Å². The van der Waals surface area contributed by atoms with Gasteiger partial charge < -0.3 is 20.3 Å². The quantitative estimate of drug-likeness (QED) is 0.362. The lowest BCUT2D eigenvalue weighted by atomic mass is 9.97. The summed E-state index contributed by atoms with van der Waals surface area (Å²) in [6.07, 6.45) is 2.61. The number of benzene rings is 1. The molecule has 1 unspecified atom stereocenters. The number of nitrogens with zero attached hydrogens (tertiary/aromatic N) is 2. The summed E-state index contributed by atoms with van der Waals surface area (Å²) in [5.41, 5.74) is 1.21. The molecule has 2 N–H and O–H groups in total. The average molecular weight is 474 g/mol. The smallest absolute Gasteiger partial charge is 0.191 e. The molecule has 1 atom stereocenters. The molecule has 0 aliphatic carbocycles. The van der Waals surface area contributed by atoms with Crippen LogP contribution >= 0.6 is 24.0 Å². The predicted octanol–water partition coefficient (Wildman–Crippen LogP) is 3.35. The second kappa shape index (κ2) is 12.4. The highest BCUT2D eigenvalue weighted by atomic mass is 127. The maximum atomic E-state index is 5.19. The van der Waals surface area contributed by atoms with E-state index in [-0.39, 0.29) is 24.0 Å². The Morgan fingerprint density at radius 1 is 1.27 bits per heavy atom. The fourth-order valence-corrected chi connectivity index (χ4v) is 3.39. The van der Waals surface area contributed by atoms with E-state index < -0.39 is 0 Å². The molecule has 1 fully saturated rings. The summed E-state index contributed by atoms with van der Waals surface area (Å²) < 4.78 is 5.19. The van der Waals surface area contributed by atoms with Crippen molar-refractivity contribution in [2.75, 3.05) is 40.3 Å². The molecule has 1 aliphatic heterocycles. The molecule has 1 heterocycles. The molecular weight excluding hydrogens is 439 g/mol. The van der Waals surface area contributed by atoms with Crippen molar-refractivity contribution in [2.24, 2.45) is 16.8 Å². The summed E-state index contributed by atoms with van der Waals surface area (Å²) in [4.78, 5) is 6.95. The molecule has 0 amide bonds. The maximum Gasteiger partial charge on any atom is 0.191 e. The second-order valence-electron chi connectivity index (χ2n) is 7.32. The number of aliphatic imine (C=N–C) groups is 1. The molecule has 1 aliphatic rings. The van der Waals surface area contributed by atoms with Crippen LogP contribution in [0.25, 0.3) is 0 Å². The number of likely N-dealkylation sites (tertiary alicyclic amines) is 1. The highest BCUT2D eigenvalue weighted by Gasteiger charge is 2.20. The first-order chi connectivity index (χ1) is 12.1. The monoisotopic (exact) mass is 474 g/mol. The Labute approximate surface area is 176 Å². The Kier molecular flexibility index (Phi) is 11.0. The summed E-state index contributed by atoms with van der Waals surface area (Å²) in [7, 11) is 3.52. The number of hydrogen-bond acceptors (Lipinski definition) is 3. The minimum atomic E-state index is 0. The maximum absolute atomic E-state index is 5.19. The molecular formula is C20H35IN4O. The Balaban J connectivity index is 0.00000338. The van der Waals surface area contributed by atoms with Gasteiger partial charge >= 0.3 is 0 Å². The molecule has 6 heteroatoms. The van der Waals surface area contributed by atoms with E-state index in [1.807, 2.05) is 19.2 Å². The number of rotatable bonds is 7. The van der Waals surface area contributed by atoms with Crippen LogP contribution in [0.1, 0.15) is 32.3 Å². The molecule has 2 rings (SSSR count). The topological polar surface area (TPSA) is 48.9 Å². The van der Waals surface area contributed by atoms with Gasteiger partial charge in [0.15, 0.2) is 5.96 Å². The van der Waals surface area contributed by atoms with Crippen LogP contribution in [0.15, 0.2) is 29.3 Å². The number of methoxy groups -OCH3 is 1. The first-order valence-corrected chi connectivity index (χ1v) is 9.40. The first-order valence-electron chi connectivity index (χ1n) is 9.40. The highest BCUT2D eigenvalue weighted by Crippen LogP contribution is 2.17. The van der Waals surface area contributed by atoms with Gasteiger partial charge in [-0.1, -0.05) is 26.0 Å². The Morgan fingerprint density at radius 2 is 2.00 bits per heavy atom. The van der Waals surface area contributed by atoms with Crippen LogP contribution < -0.4 is 15.4 Å². The van der Waals surface area contributed by atoms with Crippen molar-refractivity contribution in [3.8, 4) is 5.75 Å². The number of ether oxygens (including phenoxy) is 1. The fourth-order valence-electron chi connectivity index (χ4n) is 3.39. The van der Waals surface area contributed by atoms with Crippen molar-refractivity contribution in [1.82, 2.24) is 15.5 Å². The van der Waals surface area contributed by atoms with Gasteiger partial charge in [0.2, 0.25) is 0 Å². The van der Waals surface area contributed by atoms with Gasteiger partial charge in [0, 0.05) is 33.2 Å². The van der Waals surface area contributed by atoms with Crippen LogP contribution in [0.4, 0.5) is 0 Å². The van der Waals surface area contributed by atoms with E-state index in [1.54, 1.807) is 7.11 Å². The molecule has 0 bridgehead atoms. The Morgan fingerprint density at radius 3 is 2.62 bits per heavy atom. The van der Waals surface area contributed by atoms with E-state index >= 15 is 0 Å². The van der Waals surface area contributed by atoms with Gasteiger partial charge in [-0.3, -0.25) is 4.99 Å². The summed E-state index contributed by atoms with van der Waals surface area (Å²) in [6, 6.07) is 8.12. The molecule has 0 saturated carbocycles. The highest BCUT2D eigenvalue weighted by molar-refractivity contribution is 14.0. The first kappa shape index (κ1) is 23.0. The molecule has 0 spiro atoms. The van der Waals surface area contributed by atoms with Crippen LogP contribution in [0, 0.1) is 11.8 Å². The number of halogens is 1. The van der Waals surface area contributed by atoms with Gasteiger partial charge in [-0.15, -0.1) is 24.0 Å². The van der Waals surface area contributed by atoms with Crippen molar-refractivity contribution in [1.29, 1.82) is 0 Å². The Bertz CT molecular complexity index is 533. The zero-order valence-electron chi connectivity index (χ0n) is 16.6. The van der Waals surface area contributed by atoms with Crippen LogP contribution in [0.3, 0.4) is 0 Å². The SMILES string of the molecule is CN=C(NCc1ccc(OC)cc1)NCC1CCCN(CC(C)C)C1.I. The summed E-state index contributed by atoms with van der Waals surface area (Å²) in [6.45, 7) is 9.99. The van der Waals surface area contributed by atoms with Gasteiger partial charge in [-0.05, 0) is 48.9 Å². The standard InChI is InChI=1S/C20H34N4O.HI/c1-16(2)14-24-11-5-6-18(15-24)13-23-20(21-3)22-12-17-7-9-19(25-4)10-8-17;/h7-10,16,18H,5-6,11-15H2,1-4H3,(H2,21,22,23);1H. The number of piperidine rings is 1. The number of guanidine groups is 1. The molecule has 26 heavy (non-hydrogen) atoms. The van der Waals surface area contributed by atoms with Gasteiger partial charge in [0.05, 0.1) is 7.11 Å². The van der Waals surface area contributed by atoms with Crippen LogP contribution in [0.5, 0.6) is 5.75 Å². The van der Waals surface area contributed by atoms with E-state index in [0.29, 0.717) is 5.92 Å². The molecule has 1 saturated heterocycles. The van der Waals surface area contributed by atoms with Gasteiger partial charge in [-0.25, -0.2) is 0 Å². The molecule has 148 valence electrons. The van der Waals surface area contributed by atoms with Gasteiger partial charge in [0.25, 0.3) is 0 Å². The third-order valence-electron chi connectivity index (χ3n) is 4.63. The fraction of sp³-hybridized carbons (Fsp3) is 0.650. The molecule has 1 aromatic rings. The van der Waals surface area contributed by atoms with E-state index in [4.69, 9.17) is 4.74 Å². The van der Waals surface area contributed by atoms with Crippen molar-refractivity contribution in [2.45, 2.75) is 33.2 Å². The molecule has 0 radical (unpaired) electrons. The van der Waals surface area contributed by atoms with E-state index in [9.17, 15) is 0 Å². The molecule has 5 nitrogen and oxygen atoms in total. The second-order valence-corrected chi connectivity index (χ2v) is 7.32. The summed E-state index contributed by atoms with van der Waals surface area (Å²) in [5, 5.41) is 6.88. The van der Waals surface area contributed by atoms with Crippen LogP contribution in [-0.2, 0) is 6.54 Å². The van der Waals surface area contributed by atoms with Crippen molar-refractivity contribution in [3.05, 3.63) is 29.8 Å². The van der Waals surface area contributed by atoms with E-state index in [0.717, 1.165) is 30.7 Å². The predicted molar refractivity (Wildman–Crippen MR) is 121 cm³/mol. The molecule has 0 aromatic heterocycles. The third-order valence-corrected chi connectivity index (χ3v) is 4.63. The lowest BCUT2D eigenvalue weighted by molar-refractivity contribution is 0.159. The van der Waals surface area contributed by atoms with Crippen LogP contribution in [-0.4, -0.2) is 51.2 Å². The third kappa shape index (κ3) is 8.12. The van der Waals surface area contributed by atoms with Crippen LogP contribution in [0.2, 0.25) is 0 Å². The largest absolute Gasteiger partial charge is 0.497 e. The van der Waals surface area contributed by atoms with Gasteiger partial charge in [-0.2, -0.15) is 0 Å². The minimum Gasteiger partial charge on any atom is -0.497 e. The Hall–Kier alpha value is -1.02. The lowest BCUT2D eigenvalue weighted by Gasteiger charge is -2.34. The van der Waals surface area contributed by atoms with Gasteiger partial charge in [0.1, 0.15) is 5.75 Å². The summed E-state index contributed by atoms with van der Waals surface area (Å²) in [5.74, 6) is 3.20. The van der Waals surface area contributed by atoms with E-state index in [1.165, 1.54) is 38.0 Å². The molecule has 1 aromatic carbocycles. The number of hydrogen-bond donors (Lipinski definition) is 2. The minimum absolute atomic E-state index is 0. The zero-order valence-corrected chi connectivity index (χ0v) is 19.0. The normalized spacial score (nSPS) is 18.3. The lowest BCUT2D eigenvalue weighted by Crippen LogP contribution is -2.44.